The van der Waals surface area contributed by atoms with Gasteiger partial charge in [0.15, 0.2) is 11.5 Å². The summed E-state index contributed by atoms with van der Waals surface area (Å²) in [5.74, 6) is 2.41. The van der Waals surface area contributed by atoms with E-state index < -0.39 is 17.8 Å². The van der Waals surface area contributed by atoms with Crippen LogP contribution in [0.3, 0.4) is 0 Å². The van der Waals surface area contributed by atoms with Crippen LogP contribution in [-0.2, 0) is 6.18 Å². The van der Waals surface area contributed by atoms with E-state index in [0.717, 1.165) is 17.9 Å². The molecular weight excluding hydrogens is 393 g/mol. The summed E-state index contributed by atoms with van der Waals surface area (Å²) < 4.78 is 49.8. The molecule has 1 unspecified atom stereocenters. The molecule has 1 N–H and O–H groups in total. The van der Waals surface area contributed by atoms with Gasteiger partial charge in [-0.15, -0.1) is 0 Å². The number of rotatable bonds is 2. The Bertz CT molecular complexity index is 891. The fraction of sp³-hybridized carbons (Fsp3) is 0.316. The first-order valence-corrected chi connectivity index (χ1v) is 9.79. The second-order valence-electron chi connectivity index (χ2n) is 6.41. The molecule has 0 saturated carbocycles. The number of hydrogen-bond donors (Lipinski definition) is 1. The van der Waals surface area contributed by atoms with Crippen LogP contribution in [0.5, 0.6) is 11.5 Å². The topological polar surface area (TPSA) is 50.8 Å². The smallest absolute Gasteiger partial charge is 0.416 e. The number of benzene rings is 2. The molecule has 4 rings (SSSR count). The number of anilines is 1. The number of carbonyl (C=O) groups is 1. The third kappa shape index (κ3) is 3.84. The van der Waals surface area contributed by atoms with Crippen LogP contribution in [0.1, 0.15) is 17.2 Å². The van der Waals surface area contributed by atoms with Gasteiger partial charge in [0.05, 0.1) is 11.6 Å². The first-order chi connectivity index (χ1) is 13.4. The largest absolute Gasteiger partial charge is 0.454 e. The number of ether oxygens (including phenoxy) is 2. The van der Waals surface area contributed by atoms with Gasteiger partial charge in [-0.2, -0.15) is 24.9 Å². The van der Waals surface area contributed by atoms with Crippen LogP contribution < -0.4 is 14.8 Å². The normalized spacial score (nSPS) is 18.8. The van der Waals surface area contributed by atoms with E-state index in [9.17, 15) is 18.0 Å². The van der Waals surface area contributed by atoms with E-state index in [-0.39, 0.29) is 12.8 Å². The molecule has 28 heavy (non-hydrogen) atoms. The lowest BCUT2D eigenvalue weighted by molar-refractivity contribution is -0.137. The zero-order chi connectivity index (χ0) is 19.7. The van der Waals surface area contributed by atoms with Crippen molar-refractivity contribution in [2.45, 2.75) is 12.2 Å². The maximum Gasteiger partial charge on any atom is 0.416 e. The van der Waals surface area contributed by atoms with Crippen molar-refractivity contribution in [2.24, 2.45) is 0 Å². The highest BCUT2D eigenvalue weighted by Crippen LogP contribution is 2.36. The average Bonchev–Trinajstić information content (AvgIpc) is 3.15. The zero-order valence-electron chi connectivity index (χ0n) is 14.7. The van der Waals surface area contributed by atoms with E-state index in [1.165, 1.54) is 6.07 Å². The Hall–Kier alpha value is -2.55. The number of nitrogens with zero attached hydrogens (tertiary/aromatic N) is 1. The molecule has 0 spiro atoms. The molecular formula is C19H17F3N2O3S. The number of halogens is 3. The molecule has 1 fully saturated rings. The Labute approximate surface area is 163 Å². The third-order valence-electron chi connectivity index (χ3n) is 4.61. The molecule has 0 radical (unpaired) electrons. The van der Waals surface area contributed by atoms with E-state index in [2.05, 4.69) is 5.32 Å². The lowest BCUT2D eigenvalue weighted by atomic mass is 10.0. The van der Waals surface area contributed by atoms with E-state index in [0.29, 0.717) is 35.0 Å². The van der Waals surface area contributed by atoms with Crippen molar-refractivity contribution >= 4 is 23.5 Å². The van der Waals surface area contributed by atoms with Crippen molar-refractivity contribution in [1.29, 1.82) is 0 Å². The molecule has 9 heteroatoms. The predicted octanol–water partition coefficient (Wildman–Crippen LogP) is 4.76. The highest BCUT2D eigenvalue weighted by molar-refractivity contribution is 7.99. The van der Waals surface area contributed by atoms with Crippen LogP contribution in [0.2, 0.25) is 0 Å². The first kappa shape index (κ1) is 18.8. The minimum atomic E-state index is -4.42. The molecule has 2 aliphatic rings. The molecule has 2 aromatic carbocycles. The van der Waals surface area contributed by atoms with Crippen LogP contribution in [-0.4, -0.2) is 35.8 Å². The van der Waals surface area contributed by atoms with Crippen molar-refractivity contribution in [3.63, 3.8) is 0 Å². The summed E-state index contributed by atoms with van der Waals surface area (Å²) in [6.45, 7) is 0.579. The molecule has 2 heterocycles. The van der Waals surface area contributed by atoms with Crippen molar-refractivity contribution < 1.29 is 27.4 Å². The van der Waals surface area contributed by atoms with Crippen molar-refractivity contribution in [3.8, 4) is 11.5 Å². The SMILES string of the molecule is O=C(Nc1ccc2c(c1)OCO2)N1CCSCC1c1cccc(C(F)(F)F)c1. The Balaban J connectivity index is 1.54. The molecule has 1 saturated heterocycles. The highest BCUT2D eigenvalue weighted by atomic mass is 32.2. The molecule has 5 nitrogen and oxygen atoms in total. The summed E-state index contributed by atoms with van der Waals surface area (Å²) in [5.41, 5.74) is 0.301. The molecule has 2 aromatic rings. The quantitative estimate of drug-likeness (QED) is 0.776. The number of urea groups is 1. The number of alkyl halides is 3. The van der Waals surface area contributed by atoms with Crippen molar-refractivity contribution in [1.82, 2.24) is 4.90 Å². The fourth-order valence-electron chi connectivity index (χ4n) is 3.21. The van der Waals surface area contributed by atoms with E-state index >= 15 is 0 Å². The number of amides is 2. The van der Waals surface area contributed by atoms with Crippen LogP contribution in [0.15, 0.2) is 42.5 Å². The number of hydrogen-bond acceptors (Lipinski definition) is 4. The summed E-state index contributed by atoms with van der Waals surface area (Å²) in [7, 11) is 0. The van der Waals surface area contributed by atoms with Crippen LogP contribution in [0, 0.1) is 0 Å². The maximum atomic E-state index is 13.1. The van der Waals surface area contributed by atoms with Gasteiger partial charge >= 0.3 is 12.2 Å². The third-order valence-corrected chi connectivity index (χ3v) is 5.63. The van der Waals surface area contributed by atoms with Gasteiger partial charge in [-0.25, -0.2) is 4.79 Å². The maximum absolute atomic E-state index is 13.1. The Morgan fingerprint density at radius 3 is 2.79 bits per heavy atom. The van der Waals surface area contributed by atoms with Gasteiger partial charge < -0.3 is 19.7 Å². The Kier molecular flexibility index (Phi) is 5.01. The van der Waals surface area contributed by atoms with Crippen molar-refractivity contribution in [3.05, 3.63) is 53.6 Å². The lowest BCUT2D eigenvalue weighted by Crippen LogP contribution is -2.43. The number of fused-ring (bicyclic) bond motifs is 1. The Morgan fingerprint density at radius 2 is 1.96 bits per heavy atom. The summed E-state index contributed by atoms with van der Waals surface area (Å²) in [5, 5.41) is 2.81. The standard InChI is InChI=1S/C19H17F3N2O3S/c20-19(21,22)13-3-1-2-12(8-13)15-10-28-7-6-24(15)18(25)23-14-4-5-16-17(9-14)27-11-26-16/h1-5,8-9,15H,6-7,10-11H2,(H,23,25). The fourth-order valence-corrected chi connectivity index (χ4v) is 4.30. The minimum absolute atomic E-state index is 0.133. The van der Waals surface area contributed by atoms with Crippen LogP contribution in [0.4, 0.5) is 23.7 Å². The molecule has 148 valence electrons. The molecule has 2 aliphatic heterocycles. The lowest BCUT2D eigenvalue weighted by Gasteiger charge is -2.36. The van der Waals surface area contributed by atoms with Gasteiger partial charge in [0, 0.05) is 29.8 Å². The van der Waals surface area contributed by atoms with Gasteiger partial charge in [-0.05, 0) is 29.8 Å². The monoisotopic (exact) mass is 410 g/mol. The van der Waals surface area contributed by atoms with Gasteiger partial charge in [0.1, 0.15) is 0 Å². The summed E-state index contributed by atoms with van der Waals surface area (Å²) in [6.07, 6.45) is -4.42. The Morgan fingerprint density at radius 1 is 1.14 bits per heavy atom. The number of nitrogens with one attached hydrogen (secondary N) is 1. The predicted molar refractivity (Wildman–Crippen MR) is 99.8 cm³/mol. The van der Waals surface area contributed by atoms with Gasteiger partial charge in [0.25, 0.3) is 0 Å². The molecule has 0 aliphatic carbocycles. The molecule has 0 bridgehead atoms. The first-order valence-electron chi connectivity index (χ1n) is 8.64. The van der Waals surface area contributed by atoms with Crippen LogP contribution >= 0.6 is 11.8 Å². The number of thioether (sulfide) groups is 1. The van der Waals surface area contributed by atoms with E-state index in [1.54, 1.807) is 40.9 Å². The second-order valence-corrected chi connectivity index (χ2v) is 7.56. The molecule has 0 aromatic heterocycles. The summed E-state index contributed by atoms with van der Waals surface area (Å²) in [6, 6.07) is 9.44. The van der Waals surface area contributed by atoms with Gasteiger partial charge in [-0.1, -0.05) is 12.1 Å². The van der Waals surface area contributed by atoms with E-state index in [1.807, 2.05) is 0 Å². The van der Waals surface area contributed by atoms with Gasteiger partial charge in [-0.3, -0.25) is 0 Å². The second kappa shape index (κ2) is 7.46. The zero-order valence-corrected chi connectivity index (χ0v) is 15.5. The summed E-state index contributed by atoms with van der Waals surface area (Å²) >= 11 is 1.62. The minimum Gasteiger partial charge on any atom is -0.454 e. The number of carbonyl (C=O) groups excluding carboxylic acids is 1. The molecule has 2 amide bonds. The van der Waals surface area contributed by atoms with Crippen molar-refractivity contribution in [2.75, 3.05) is 30.2 Å². The van der Waals surface area contributed by atoms with Gasteiger partial charge in [0.2, 0.25) is 6.79 Å². The highest BCUT2D eigenvalue weighted by Gasteiger charge is 2.33. The summed E-state index contributed by atoms with van der Waals surface area (Å²) in [4.78, 5) is 14.4. The van der Waals surface area contributed by atoms with Crippen LogP contribution in [0.25, 0.3) is 0 Å². The average molecular weight is 410 g/mol. The molecule has 1 atom stereocenters. The van der Waals surface area contributed by atoms with E-state index in [4.69, 9.17) is 9.47 Å².